The van der Waals surface area contributed by atoms with Crippen LogP contribution in [-0.2, 0) is 0 Å². The van der Waals surface area contributed by atoms with Crippen molar-refractivity contribution < 1.29 is 9.84 Å². The normalized spacial score (nSPS) is 26.4. The van der Waals surface area contributed by atoms with Crippen LogP contribution in [0.25, 0.3) is 0 Å². The fourth-order valence-corrected chi connectivity index (χ4v) is 3.29. The molecular formula is C14H17ClO2. The lowest BCUT2D eigenvalue weighted by molar-refractivity contribution is -0.0381. The summed E-state index contributed by atoms with van der Waals surface area (Å²) in [6.07, 6.45) is 6.09. The van der Waals surface area contributed by atoms with Crippen LogP contribution in [0.3, 0.4) is 0 Å². The van der Waals surface area contributed by atoms with Gasteiger partial charge in [-0.2, -0.15) is 0 Å². The van der Waals surface area contributed by atoms with Gasteiger partial charge in [0, 0.05) is 17.0 Å². The maximum Gasteiger partial charge on any atom is 0.126 e. The van der Waals surface area contributed by atoms with E-state index in [-0.39, 0.29) is 5.60 Å². The summed E-state index contributed by atoms with van der Waals surface area (Å²) in [7, 11) is 0. The second kappa shape index (κ2) is 4.18. The Morgan fingerprint density at radius 1 is 1.24 bits per heavy atom. The zero-order valence-corrected chi connectivity index (χ0v) is 10.5. The van der Waals surface area contributed by atoms with Gasteiger partial charge in [-0.1, -0.05) is 18.0 Å². The molecule has 3 rings (SSSR count). The fraction of sp³-hybridized carbons (Fsp3) is 0.571. The molecule has 1 atom stereocenters. The molecule has 0 amide bonds. The molecule has 0 saturated heterocycles. The van der Waals surface area contributed by atoms with Crippen molar-refractivity contribution in [3.05, 3.63) is 28.8 Å². The number of aliphatic hydroxyl groups excluding tert-OH is 1. The molecule has 3 heteroatoms. The minimum atomic E-state index is -0.435. The molecule has 1 spiro atoms. The zero-order valence-electron chi connectivity index (χ0n) is 9.79. The molecule has 0 aromatic heterocycles. The average Bonchev–Trinajstić information content (AvgIpc) is 2.31. The smallest absolute Gasteiger partial charge is 0.126 e. The Kier molecular flexibility index (Phi) is 2.80. The van der Waals surface area contributed by atoms with Crippen LogP contribution in [0.15, 0.2) is 18.2 Å². The van der Waals surface area contributed by atoms with Gasteiger partial charge in [-0.05, 0) is 43.9 Å². The summed E-state index contributed by atoms with van der Waals surface area (Å²) >= 11 is 5.95. The molecular weight excluding hydrogens is 236 g/mol. The summed E-state index contributed by atoms with van der Waals surface area (Å²) in [4.78, 5) is 0. The Morgan fingerprint density at radius 2 is 2.00 bits per heavy atom. The fourth-order valence-electron chi connectivity index (χ4n) is 3.11. The number of rotatable bonds is 0. The number of hydrogen-bond donors (Lipinski definition) is 1. The molecule has 2 nitrogen and oxygen atoms in total. The highest BCUT2D eigenvalue weighted by Crippen LogP contribution is 2.46. The van der Waals surface area contributed by atoms with Gasteiger partial charge in [-0.3, -0.25) is 0 Å². The van der Waals surface area contributed by atoms with Crippen LogP contribution in [0.5, 0.6) is 5.75 Å². The summed E-state index contributed by atoms with van der Waals surface area (Å²) in [5.41, 5.74) is 0.715. The highest BCUT2D eigenvalue weighted by atomic mass is 35.5. The molecule has 1 heterocycles. The van der Waals surface area contributed by atoms with Gasteiger partial charge in [0.05, 0.1) is 6.10 Å². The summed E-state index contributed by atoms with van der Waals surface area (Å²) < 4.78 is 6.17. The molecule has 0 bridgehead atoms. The van der Waals surface area contributed by atoms with Gasteiger partial charge in [0.15, 0.2) is 0 Å². The number of hydrogen-bond acceptors (Lipinski definition) is 2. The maximum atomic E-state index is 10.3. The highest BCUT2D eigenvalue weighted by molar-refractivity contribution is 6.30. The van der Waals surface area contributed by atoms with Crippen molar-refractivity contribution in [3.63, 3.8) is 0 Å². The van der Waals surface area contributed by atoms with Gasteiger partial charge in [-0.15, -0.1) is 0 Å². The third-order valence-corrected chi connectivity index (χ3v) is 4.22. The van der Waals surface area contributed by atoms with Crippen LogP contribution in [0, 0.1) is 0 Å². The summed E-state index contributed by atoms with van der Waals surface area (Å²) in [6, 6.07) is 5.53. The van der Waals surface area contributed by atoms with Gasteiger partial charge < -0.3 is 9.84 Å². The van der Waals surface area contributed by atoms with Crippen molar-refractivity contribution in [2.45, 2.75) is 50.2 Å². The van der Waals surface area contributed by atoms with Crippen LogP contribution in [0.4, 0.5) is 0 Å². The maximum absolute atomic E-state index is 10.3. The predicted octanol–water partition coefficient (Wildman–Crippen LogP) is 3.86. The topological polar surface area (TPSA) is 29.5 Å². The molecule has 0 radical (unpaired) electrons. The molecule has 2 aliphatic rings. The third kappa shape index (κ3) is 2.04. The van der Waals surface area contributed by atoms with E-state index >= 15 is 0 Å². The number of halogens is 1. The summed E-state index contributed by atoms with van der Waals surface area (Å²) in [5, 5.41) is 10.9. The molecule has 1 aromatic rings. The Morgan fingerprint density at radius 3 is 2.76 bits per heavy atom. The minimum absolute atomic E-state index is 0.126. The lowest BCUT2D eigenvalue weighted by atomic mass is 9.78. The predicted molar refractivity (Wildman–Crippen MR) is 67.5 cm³/mol. The quantitative estimate of drug-likeness (QED) is 0.760. The van der Waals surface area contributed by atoms with Crippen LogP contribution in [0.1, 0.15) is 50.2 Å². The van der Waals surface area contributed by atoms with Crippen LogP contribution in [0.2, 0.25) is 5.02 Å². The molecule has 92 valence electrons. The first kappa shape index (κ1) is 11.4. The van der Waals surface area contributed by atoms with E-state index in [0.717, 1.165) is 24.2 Å². The Bertz CT molecular complexity index is 424. The van der Waals surface area contributed by atoms with E-state index in [4.69, 9.17) is 16.3 Å². The van der Waals surface area contributed by atoms with Gasteiger partial charge in [0.1, 0.15) is 11.4 Å². The molecule has 1 aliphatic carbocycles. The molecule has 1 fully saturated rings. The Hall–Kier alpha value is -0.730. The van der Waals surface area contributed by atoms with Crippen molar-refractivity contribution in [1.29, 1.82) is 0 Å². The van der Waals surface area contributed by atoms with Crippen LogP contribution < -0.4 is 4.74 Å². The van der Waals surface area contributed by atoms with E-state index in [1.54, 1.807) is 0 Å². The largest absolute Gasteiger partial charge is 0.487 e. The van der Waals surface area contributed by atoms with E-state index in [0.29, 0.717) is 11.4 Å². The second-order valence-corrected chi connectivity index (χ2v) is 5.68. The molecule has 1 N–H and O–H groups in total. The van der Waals surface area contributed by atoms with Crippen molar-refractivity contribution >= 4 is 11.6 Å². The molecule has 0 unspecified atom stereocenters. The third-order valence-electron chi connectivity index (χ3n) is 3.99. The molecule has 1 aliphatic heterocycles. The van der Waals surface area contributed by atoms with Gasteiger partial charge >= 0.3 is 0 Å². The van der Waals surface area contributed by atoms with Gasteiger partial charge in [0.25, 0.3) is 0 Å². The van der Waals surface area contributed by atoms with Gasteiger partial charge in [0.2, 0.25) is 0 Å². The van der Waals surface area contributed by atoms with Crippen molar-refractivity contribution in [2.24, 2.45) is 0 Å². The Labute approximate surface area is 107 Å². The Balaban J connectivity index is 1.94. The second-order valence-electron chi connectivity index (χ2n) is 5.25. The standard InChI is InChI=1S/C14H17ClO2/c15-10-4-5-13-11(8-10)12(16)9-14(17-13)6-2-1-3-7-14/h4-5,8,12,16H,1-3,6-7,9H2/t12-/m1/s1. The van der Waals surface area contributed by atoms with Crippen LogP contribution in [-0.4, -0.2) is 10.7 Å². The van der Waals surface area contributed by atoms with Crippen molar-refractivity contribution in [2.75, 3.05) is 0 Å². The molecule has 1 aromatic carbocycles. The lowest BCUT2D eigenvalue weighted by Crippen LogP contribution is -2.42. The van der Waals surface area contributed by atoms with Crippen LogP contribution >= 0.6 is 11.6 Å². The van der Waals surface area contributed by atoms with E-state index in [1.165, 1.54) is 19.3 Å². The average molecular weight is 253 g/mol. The van der Waals surface area contributed by atoms with E-state index in [1.807, 2.05) is 18.2 Å². The van der Waals surface area contributed by atoms with E-state index in [9.17, 15) is 5.11 Å². The first-order valence-corrected chi connectivity index (χ1v) is 6.73. The highest BCUT2D eigenvalue weighted by Gasteiger charge is 2.41. The number of aliphatic hydroxyl groups is 1. The summed E-state index contributed by atoms with van der Waals surface area (Å²) in [6.45, 7) is 0. The number of ether oxygens (including phenoxy) is 1. The number of benzene rings is 1. The van der Waals surface area contributed by atoms with Crippen molar-refractivity contribution in [1.82, 2.24) is 0 Å². The first-order valence-electron chi connectivity index (χ1n) is 6.35. The number of fused-ring (bicyclic) bond motifs is 1. The minimum Gasteiger partial charge on any atom is -0.487 e. The van der Waals surface area contributed by atoms with E-state index in [2.05, 4.69) is 0 Å². The monoisotopic (exact) mass is 252 g/mol. The van der Waals surface area contributed by atoms with Crippen molar-refractivity contribution in [3.8, 4) is 5.75 Å². The first-order chi connectivity index (χ1) is 8.19. The van der Waals surface area contributed by atoms with E-state index < -0.39 is 6.10 Å². The molecule has 1 saturated carbocycles. The SMILES string of the molecule is O[C@@H]1CC2(CCCCC2)Oc2ccc(Cl)cc21. The molecule has 17 heavy (non-hydrogen) atoms. The summed E-state index contributed by atoms with van der Waals surface area (Å²) in [5.74, 6) is 0.815. The lowest BCUT2D eigenvalue weighted by Gasteiger charge is -2.43. The zero-order chi connectivity index (χ0) is 11.9. The van der Waals surface area contributed by atoms with Gasteiger partial charge in [-0.25, -0.2) is 0 Å².